The van der Waals surface area contributed by atoms with Gasteiger partial charge in [-0.2, -0.15) is 0 Å². The van der Waals surface area contributed by atoms with Gasteiger partial charge in [0, 0.05) is 31.3 Å². The standard InChI is InChI=1S/C15H19N3O4.ClH/c19-13-9-11(1-2-12(13)18(21)22)14(20)17-7-4-15(5-8-17)3-6-16-10-15;/h1-2,9,16,19H,3-8,10H2;1H. The van der Waals surface area contributed by atoms with E-state index in [2.05, 4.69) is 5.32 Å². The molecular weight excluding hydrogens is 322 g/mol. The predicted octanol–water partition coefficient (Wildman–Crippen LogP) is 1.94. The first kappa shape index (κ1) is 17.5. The zero-order chi connectivity index (χ0) is 15.7. The molecule has 2 heterocycles. The van der Waals surface area contributed by atoms with Gasteiger partial charge in [-0.1, -0.05) is 0 Å². The zero-order valence-electron chi connectivity index (χ0n) is 12.7. The first-order valence-corrected chi connectivity index (χ1v) is 7.48. The number of piperidine rings is 1. The number of rotatable bonds is 2. The van der Waals surface area contributed by atoms with E-state index < -0.39 is 10.7 Å². The van der Waals surface area contributed by atoms with Gasteiger partial charge in [-0.25, -0.2) is 0 Å². The highest BCUT2D eigenvalue weighted by molar-refractivity contribution is 5.95. The summed E-state index contributed by atoms with van der Waals surface area (Å²) in [5, 5.41) is 23.7. The van der Waals surface area contributed by atoms with Crippen LogP contribution in [0.1, 0.15) is 29.6 Å². The summed E-state index contributed by atoms with van der Waals surface area (Å²) in [4.78, 5) is 24.3. The maximum Gasteiger partial charge on any atom is 0.310 e. The first-order valence-electron chi connectivity index (χ1n) is 7.48. The first-order chi connectivity index (χ1) is 10.5. The van der Waals surface area contributed by atoms with Crippen LogP contribution in [0.2, 0.25) is 0 Å². The maximum absolute atomic E-state index is 12.5. The largest absolute Gasteiger partial charge is 0.502 e. The van der Waals surface area contributed by atoms with Crippen molar-refractivity contribution in [1.82, 2.24) is 10.2 Å². The van der Waals surface area contributed by atoms with Gasteiger partial charge in [-0.3, -0.25) is 14.9 Å². The molecule has 2 aliphatic heterocycles. The highest BCUT2D eigenvalue weighted by Crippen LogP contribution is 2.37. The smallest absolute Gasteiger partial charge is 0.310 e. The number of nitrogens with zero attached hydrogens (tertiary/aromatic N) is 2. The summed E-state index contributed by atoms with van der Waals surface area (Å²) in [6, 6.07) is 3.76. The van der Waals surface area contributed by atoms with Crippen molar-refractivity contribution in [3.8, 4) is 5.75 Å². The molecule has 0 atom stereocenters. The Labute approximate surface area is 140 Å². The van der Waals surface area contributed by atoms with Crippen molar-refractivity contribution in [1.29, 1.82) is 0 Å². The van der Waals surface area contributed by atoms with Crippen molar-refractivity contribution in [3.63, 3.8) is 0 Å². The Morgan fingerprint density at radius 3 is 2.52 bits per heavy atom. The predicted molar refractivity (Wildman–Crippen MR) is 87.1 cm³/mol. The van der Waals surface area contributed by atoms with E-state index in [0.717, 1.165) is 32.4 Å². The van der Waals surface area contributed by atoms with E-state index in [9.17, 15) is 20.0 Å². The number of amides is 1. The van der Waals surface area contributed by atoms with Gasteiger partial charge in [0.15, 0.2) is 5.75 Å². The third kappa shape index (κ3) is 3.40. The molecule has 126 valence electrons. The van der Waals surface area contributed by atoms with Gasteiger partial charge in [0.2, 0.25) is 0 Å². The van der Waals surface area contributed by atoms with E-state index in [1.165, 1.54) is 18.2 Å². The number of hydrogen-bond donors (Lipinski definition) is 2. The van der Waals surface area contributed by atoms with E-state index in [4.69, 9.17) is 0 Å². The highest BCUT2D eigenvalue weighted by atomic mass is 35.5. The SMILES string of the molecule is Cl.O=C(c1ccc([N+](=O)[O-])c(O)c1)N1CCC2(CCNC2)CC1. The molecule has 1 aromatic carbocycles. The number of hydrogen-bond acceptors (Lipinski definition) is 5. The fraction of sp³-hybridized carbons (Fsp3) is 0.533. The Kier molecular flexibility index (Phi) is 5.11. The Hall–Kier alpha value is -1.86. The van der Waals surface area contributed by atoms with E-state index in [1.807, 2.05) is 0 Å². The minimum Gasteiger partial charge on any atom is -0.502 e. The summed E-state index contributed by atoms with van der Waals surface area (Å²) in [6.45, 7) is 3.45. The van der Waals surface area contributed by atoms with Crippen molar-refractivity contribution in [3.05, 3.63) is 33.9 Å². The number of aromatic hydroxyl groups is 1. The van der Waals surface area contributed by atoms with Crippen LogP contribution in [0, 0.1) is 15.5 Å². The number of nitro benzene ring substituents is 1. The van der Waals surface area contributed by atoms with Crippen LogP contribution in [-0.4, -0.2) is 47.0 Å². The zero-order valence-corrected chi connectivity index (χ0v) is 13.5. The molecule has 2 N–H and O–H groups in total. The highest BCUT2D eigenvalue weighted by Gasteiger charge is 2.38. The molecule has 0 aliphatic carbocycles. The Morgan fingerprint density at radius 1 is 1.30 bits per heavy atom. The second-order valence-corrected chi connectivity index (χ2v) is 6.18. The second kappa shape index (κ2) is 6.72. The molecule has 2 aliphatic rings. The van der Waals surface area contributed by atoms with Crippen LogP contribution in [0.5, 0.6) is 5.75 Å². The number of nitrogens with one attached hydrogen (secondary N) is 1. The van der Waals surface area contributed by atoms with Crippen molar-refractivity contribution >= 4 is 24.0 Å². The third-order valence-corrected chi connectivity index (χ3v) is 4.86. The van der Waals surface area contributed by atoms with Gasteiger partial charge < -0.3 is 15.3 Å². The Bertz CT molecular complexity index is 607. The summed E-state index contributed by atoms with van der Waals surface area (Å²) in [7, 11) is 0. The van der Waals surface area contributed by atoms with Crippen molar-refractivity contribution in [2.75, 3.05) is 26.2 Å². The fourth-order valence-electron chi connectivity index (χ4n) is 3.40. The van der Waals surface area contributed by atoms with Crippen LogP contribution < -0.4 is 5.32 Å². The fourth-order valence-corrected chi connectivity index (χ4v) is 3.40. The van der Waals surface area contributed by atoms with Gasteiger partial charge in [-0.15, -0.1) is 12.4 Å². The molecule has 1 amide bonds. The lowest BCUT2D eigenvalue weighted by molar-refractivity contribution is -0.385. The molecule has 0 radical (unpaired) electrons. The molecule has 1 spiro atoms. The molecule has 2 saturated heterocycles. The summed E-state index contributed by atoms with van der Waals surface area (Å²) in [6.07, 6.45) is 3.11. The van der Waals surface area contributed by atoms with Crippen LogP contribution in [-0.2, 0) is 0 Å². The Morgan fingerprint density at radius 2 is 2.00 bits per heavy atom. The van der Waals surface area contributed by atoms with Gasteiger partial charge in [0.1, 0.15) is 0 Å². The molecule has 0 aromatic heterocycles. The quantitative estimate of drug-likeness (QED) is 0.633. The molecule has 3 rings (SSSR count). The summed E-state index contributed by atoms with van der Waals surface area (Å²) >= 11 is 0. The minimum atomic E-state index is -0.665. The van der Waals surface area contributed by atoms with Gasteiger partial charge in [0.05, 0.1) is 4.92 Å². The molecule has 1 aromatic rings. The van der Waals surface area contributed by atoms with Crippen molar-refractivity contribution < 1.29 is 14.8 Å². The molecule has 8 heteroatoms. The monoisotopic (exact) mass is 341 g/mol. The minimum absolute atomic E-state index is 0. The van der Waals surface area contributed by atoms with Crippen LogP contribution in [0.4, 0.5) is 5.69 Å². The summed E-state index contributed by atoms with van der Waals surface area (Å²) < 4.78 is 0. The molecule has 0 unspecified atom stereocenters. The number of phenolic OH excluding ortho intramolecular Hbond substituents is 1. The number of likely N-dealkylation sites (tertiary alicyclic amines) is 1. The van der Waals surface area contributed by atoms with E-state index in [0.29, 0.717) is 24.1 Å². The molecule has 23 heavy (non-hydrogen) atoms. The van der Waals surface area contributed by atoms with Crippen molar-refractivity contribution in [2.45, 2.75) is 19.3 Å². The number of phenols is 1. The van der Waals surface area contributed by atoms with Crippen LogP contribution in [0.15, 0.2) is 18.2 Å². The number of carbonyl (C=O) groups is 1. The van der Waals surface area contributed by atoms with Crippen LogP contribution in [0.3, 0.4) is 0 Å². The average Bonchev–Trinajstić information content (AvgIpc) is 2.95. The molecule has 0 bridgehead atoms. The van der Waals surface area contributed by atoms with E-state index in [1.54, 1.807) is 4.90 Å². The lowest BCUT2D eigenvalue weighted by Crippen LogP contribution is -2.44. The Balaban J connectivity index is 0.00000192. The number of halogens is 1. The van der Waals surface area contributed by atoms with E-state index >= 15 is 0 Å². The molecular formula is C15H20ClN3O4. The van der Waals surface area contributed by atoms with Crippen molar-refractivity contribution in [2.24, 2.45) is 5.41 Å². The van der Waals surface area contributed by atoms with Gasteiger partial charge >= 0.3 is 5.69 Å². The lowest BCUT2D eigenvalue weighted by atomic mass is 9.78. The molecule has 0 saturated carbocycles. The summed E-state index contributed by atoms with van der Waals surface area (Å²) in [5.41, 5.74) is 0.240. The molecule has 7 nitrogen and oxygen atoms in total. The number of benzene rings is 1. The topological polar surface area (TPSA) is 95.7 Å². The summed E-state index contributed by atoms with van der Waals surface area (Å²) in [5.74, 6) is -0.643. The third-order valence-electron chi connectivity index (χ3n) is 4.86. The average molecular weight is 342 g/mol. The molecule has 2 fully saturated rings. The normalized spacial score (nSPS) is 19.4. The van der Waals surface area contributed by atoms with E-state index in [-0.39, 0.29) is 24.0 Å². The maximum atomic E-state index is 12.5. The number of nitro groups is 1. The number of carbonyl (C=O) groups excluding carboxylic acids is 1. The lowest BCUT2D eigenvalue weighted by Gasteiger charge is -2.38. The van der Waals surface area contributed by atoms with Gasteiger partial charge in [-0.05, 0) is 43.4 Å². The van der Waals surface area contributed by atoms with Crippen LogP contribution in [0.25, 0.3) is 0 Å². The van der Waals surface area contributed by atoms with Gasteiger partial charge in [0.25, 0.3) is 5.91 Å². The second-order valence-electron chi connectivity index (χ2n) is 6.18. The van der Waals surface area contributed by atoms with Crippen LogP contribution >= 0.6 is 12.4 Å².